The first kappa shape index (κ1) is 29.8. The zero-order valence-corrected chi connectivity index (χ0v) is 24.3. The Balaban J connectivity index is 0.000000321. The normalized spacial score (nSPS) is 38.1. The molecule has 5 fully saturated rings. The van der Waals surface area contributed by atoms with E-state index in [0.29, 0.717) is 22.8 Å². The summed E-state index contributed by atoms with van der Waals surface area (Å²) in [4.78, 5) is 65.9. The smallest absolute Gasteiger partial charge is 0.358 e. The van der Waals surface area contributed by atoms with Gasteiger partial charge in [0.2, 0.25) is 0 Å². The first-order valence-electron chi connectivity index (χ1n) is 14.9. The first-order chi connectivity index (χ1) is 19.5. The van der Waals surface area contributed by atoms with Crippen LogP contribution in [0.3, 0.4) is 0 Å². The van der Waals surface area contributed by atoms with Gasteiger partial charge in [0.15, 0.2) is 0 Å². The lowest BCUT2D eigenvalue weighted by atomic mass is 9.47. The Hall–Kier alpha value is -2.63. The lowest BCUT2D eigenvalue weighted by Gasteiger charge is -2.58. The number of hydroxylamine groups is 4. The fraction of sp³-hybridized carbons (Fsp3) is 0.767. The van der Waals surface area contributed by atoms with E-state index in [4.69, 9.17) is 9.57 Å². The summed E-state index contributed by atoms with van der Waals surface area (Å²) in [5.41, 5.74) is 1.72. The van der Waals surface area contributed by atoms with Gasteiger partial charge in [-0.05, 0) is 80.0 Å². The van der Waals surface area contributed by atoms with Gasteiger partial charge in [0.25, 0.3) is 23.6 Å². The van der Waals surface area contributed by atoms with Gasteiger partial charge < -0.3 is 14.7 Å². The van der Waals surface area contributed by atoms with Crippen LogP contribution < -0.4 is 0 Å². The summed E-state index contributed by atoms with van der Waals surface area (Å²) >= 11 is 0. The monoisotopic (exact) mass is 574 g/mol. The molecule has 2 saturated heterocycles. The zero-order valence-electron chi connectivity index (χ0n) is 24.3. The molecule has 6 rings (SSSR count). The summed E-state index contributed by atoms with van der Waals surface area (Å²) in [6, 6.07) is 0. The van der Waals surface area contributed by atoms with Crippen LogP contribution in [0.15, 0.2) is 11.6 Å². The van der Waals surface area contributed by atoms with Gasteiger partial charge >= 0.3 is 5.97 Å². The third kappa shape index (κ3) is 5.48. The molecule has 0 aromatic carbocycles. The number of ether oxygens (including phenoxy) is 1. The SMILES string of the molecule is CC12CC[C@H](OCC(=O)ON3C(=O)CCC3=O)C=C1CCC1C2CCC2(C)C(O)CCC12.CON1C(=O)CCC1=O. The Morgan fingerprint density at radius 2 is 1.49 bits per heavy atom. The van der Waals surface area contributed by atoms with E-state index in [1.165, 1.54) is 25.5 Å². The molecule has 6 aliphatic rings. The summed E-state index contributed by atoms with van der Waals surface area (Å²) in [7, 11) is 1.31. The van der Waals surface area contributed by atoms with Crippen molar-refractivity contribution in [2.75, 3.05) is 13.7 Å². The molecule has 4 amide bonds. The van der Waals surface area contributed by atoms with Gasteiger partial charge in [-0.3, -0.25) is 24.0 Å². The van der Waals surface area contributed by atoms with E-state index in [9.17, 15) is 29.1 Å². The molecular weight excluding hydrogens is 532 g/mol. The number of amides is 4. The number of hydrogen-bond donors (Lipinski definition) is 1. The summed E-state index contributed by atoms with van der Waals surface area (Å²) in [5, 5.41) is 12.0. The van der Waals surface area contributed by atoms with E-state index < -0.39 is 17.8 Å². The van der Waals surface area contributed by atoms with Crippen LogP contribution in [-0.4, -0.2) is 70.8 Å². The third-order valence-corrected chi connectivity index (χ3v) is 10.8. The number of allylic oxidation sites excluding steroid dienone is 1. The number of aliphatic hydroxyl groups excluding tert-OH is 1. The topological polar surface area (TPSA) is 140 Å². The number of carbonyl (C=O) groups is 5. The minimum Gasteiger partial charge on any atom is -0.393 e. The van der Waals surface area contributed by atoms with Gasteiger partial charge in [-0.2, -0.15) is 5.06 Å². The van der Waals surface area contributed by atoms with Gasteiger partial charge in [-0.25, -0.2) is 4.79 Å². The highest BCUT2D eigenvalue weighted by Crippen LogP contribution is 2.65. The largest absolute Gasteiger partial charge is 0.393 e. The maximum absolute atomic E-state index is 12.1. The van der Waals surface area contributed by atoms with Crippen LogP contribution in [-0.2, 0) is 38.4 Å². The second kappa shape index (κ2) is 11.6. The summed E-state index contributed by atoms with van der Waals surface area (Å²) in [5.74, 6) is -0.183. The molecular formula is C30H42N2O9. The van der Waals surface area contributed by atoms with Crippen LogP contribution in [0.1, 0.15) is 90.9 Å². The Morgan fingerprint density at radius 3 is 2.10 bits per heavy atom. The molecule has 3 saturated carbocycles. The number of hydrogen-bond acceptors (Lipinski definition) is 9. The van der Waals surface area contributed by atoms with Crippen molar-refractivity contribution in [1.82, 2.24) is 10.1 Å². The molecule has 0 spiro atoms. The molecule has 1 N–H and O–H groups in total. The van der Waals surface area contributed by atoms with Gasteiger partial charge in [-0.15, -0.1) is 5.06 Å². The van der Waals surface area contributed by atoms with Crippen LogP contribution in [0.25, 0.3) is 0 Å². The predicted octanol–water partition coefficient (Wildman–Crippen LogP) is 3.00. The molecule has 226 valence electrons. The van der Waals surface area contributed by atoms with Crippen LogP contribution in [0.2, 0.25) is 0 Å². The van der Waals surface area contributed by atoms with Crippen molar-refractivity contribution in [1.29, 1.82) is 0 Å². The number of rotatable bonds is 5. The second-order valence-corrected chi connectivity index (χ2v) is 12.9. The minimum absolute atomic E-state index is 0.0847. The number of carbonyl (C=O) groups excluding carboxylic acids is 5. The molecule has 0 bridgehead atoms. The average molecular weight is 575 g/mol. The molecule has 0 aromatic heterocycles. The Morgan fingerprint density at radius 1 is 0.854 bits per heavy atom. The van der Waals surface area contributed by atoms with Crippen molar-refractivity contribution in [2.45, 2.75) is 103 Å². The maximum atomic E-state index is 12.1. The maximum Gasteiger partial charge on any atom is 0.358 e. The molecule has 0 radical (unpaired) electrons. The molecule has 6 unspecified atom stereocenters. The summed E-state index contributed by atoms with van der Waals surface area (Å²) < 4.78 is 5.82. The quantitative estimate of drug-likeness (QED) is 0.388. The molecule has 0 aromatic rings. The lowest BCUT2D eigenvalue weighted by Crippen LogP contribution is -2.51. The lowest BCUT2D eigenvalue weighted by molar-refractivity contribution is -0.201. The predicted molar refractivity (Wildman–Crippen MR) is 143 cm³/mol. The second-order valence-electron chi connectivity index (χ2n) is 12.9. The highest BCUT2D eigenvalue weighted by molar-refractivity contribution is 6.01. The van der Waals surface area contributed by atoms with E-state index in [2.05, 4.69) is 24.8 Å². The van der Waals surface area contributed by atoms with Crippen molar-refractivity contribution in [3.63, 3.8) is 0 Å². The molecule has 4 aliphatic carbocycles. The van der Waals surface area contributed by atoms with Crippen LogP contribution >= 0.6 is 0 Å². The Labute approximate surface area is 240 Å². The fourth-order valence-corrected chi connectivity index (χ4v) is 8.52. The number of aliphatic hydroxyl groups is 1. The third-order valence-electron chi connectivity index (χ3n) is 10.8. The van der Waals surface area contributed by atoms with E-state index in [1.807, 2.05) is 0 Å². The van der Waals surface area contributed by atoms with Crippen molar-refractivity contribution in [3.05, 3.63) is 11.6 Å². The van der Waals surface area contributed by atoms with Gasteiger partial charge in [-0.1, -0.05) is 25.5 Å². The Kier molecular flexibility index (Phi) is 8.42. The van der Waals surface area contributed by atoms with Gasteiger partial charge in [0.05, 0.1) is 19.3 Å². The number of fused-ring (bicyclic) bond motifs is 5. The van der Waals surface area contributed by atoms with Crippen molar-refractivity contribution < 1.29 is 43.5 Å². The number of nitrogens with zero attached hydrogens (tertiary/aromatic N) is 2. The Bertz CT molecular complexity index is 1100. The van der Waals surface area contributed by atoms with Crippen molar-refractivity contribution in [3.8, 4) is 0 Å². The molecule has 2 heterocycles. The van der Waals surface area contributed by atoms with E-state index >= 15 is 0 Å². The fourth-order valence-electron chi connectivity index (χ4n) is 8.52. The highest BCUT2D eigenvalue weighted by atomic mass is 16.7. The van der Waals surface area contributed by atoms with Gasteiger partial charge in [0.1, 0.15) is 6.61 Å². The molecule has 2 aliphatic heterocycles. The van der Waals surface area contributed by atoms with Crippen molar-refractivity contribution in [2.24, 2.45) is 28.6 Å². The molecule has 41 heavy (non-hydrogen) atoms. The van der Waals surface area contributed by atoms with Crippen molar-refractivity contribution >= 4 is 29.6 Å². The minimum atomic E-state index is -0.713. The molecule has 11 heteroatoms. The number of imide groups is 2. The van der Waals surface area contributed by atoms with E-state index in [1.54, 1.807) is 0 Å². The van der Waals surface area contributed by atoms with Crippen LogP contribution in [0, 0.1) is 28.6 Å². The average Bonchev–Trinajstić information content (AvgIpc) is 3.56. The highest BCUT2D eigenvalue weighted by Gasteiger charge is 2.58. The van der Waals surface area contributed by atoms with E-state index in [0.717, 1.165) is 43.6 Å². The summed E-state index contributed by atoms with van der Waals surface area (Å²) in [6.45, 7) is 4.46. The zero-order chi connectivity index (χ0) is 29.5. The van der Waals surface area contributed by atoms with Gasteiger partial charge in [0, 0.05) is 25.7 Å². The molecule has 7 atom stereocenters. The van der Waals surface area contributed by atoms with E-state index in [-0.39, 0.29) is 67.1 Å². The first-order valence-corrected chi connectivity index (χ1v) is 14.9. The van der Waals surface area contributed by atoms with Crippen LogP contribution in [0.4, 0.5) is 0 Å². The summed E-state index contributed by atoms with van der Waals surface area (Å²) in [6.07, 6.45) is 11.2. The molecule has 11 nitrogen and oxygen atoms in total. The van der Waals surface area contributed by atoms with Crippen LogP contribution in [0.5, 0.6) is 0 Å². The standard InChI is InChI=1S/C25H35NO6.C5H7NO3/c1-24-11-9-16(31-14-23(30)32-26-21(28)7-8-22(26)29)13-15(24)3-4-17-18-5-6-20(27)25(18,2)12-10-19(17)24;1-9-6-4(7)2-3-5(6)8/h13,16-20,27H,3-12,14H2,1-2H3;2-3H2,1H3/t16-,17?,18?,19?,20?,24?,25?;/m0./s1.